The lowest BCUT2D eigenvalue weighted by Crippen LogP contribution is -2.55. The zero-order valence-corrected chi connectivity index (χ0v) is 27.7. The third-order valence-corrected chi connectivity index (χ3v) is 12.0. The van der Waals surface area contributed by atoms with Crippen molar-refractivity contribution in [1.29, 1.82) is 0 Å². The van der Waals surface area contributed by atoms with Crippen molar-refractivity contribution >= 4 is 29.4 Å². The van der Waals surface area contributed by atoms with Crippen LogP contribution in [0.5, 0.6) is 0 Å². The average molecular weight is 617 g/mol. The number of anilines is 2. The van der Waals surface area contributed by atoms with Gasteiger partial charge < -0.3 is 15.1 Å². The van der Waals surface area contributed by atoms with Gasteiger partial charge in [-0.2, -0.15) is 0 Å². The van der Waals surface area contributed by atoms with E-state index in [0.29, 0.717) is 17.9 Å². The molecule has 3 aliphatic heterocycles. The van der Waals surface area contributed by atoms with E-state index in [2.05, 4.69) is 137 Å². The summed E-state index contributed by atoms with van der Waals surface area (Å²) in [6.07, 6.45) is 22.2. The highest BCUT2D eigenvalue weighted by Crippen LogP contribution is 2.60. The number of rotatable bonds is 3. The van der Waals surface area contributed by atoms with E-state index in [1.54, 1.807) is 5.57 Å². The summed E-state index contributed by atoms with van der Waals surface area (Å²) < 4.78 is 0. The van der Waals surface area contributed by atoms with Crippen LogP contribution in [-0.4, -0.2) is 22.7 Å². The standard InChI is InChI=1S/C43H44N4/c1-28-12-10-19-37-41-35-17-6-8-20-39(35)46(33-23-22-30-13-4-5-14-31(30)24-33)42(41)36-18-7-9-21-40(36)47(43(28,37)3)34-16-11-15-32(25-34)38-27-44-29(2)26-45-38/h4-5,7-11,13-16,18-21,24-28,35,37-39,45H,6,12,17,22-23H2,1-3H3. The molecule has 3 heterocycles. The number of para-hydroxylation sites is 1. The number of allylic oxidation sites excluding steroid dienone is 4. The highest BCUT2D eigenvalue weighted by Gasteiger charge is 2.55. The number of benzene rings is 3. The highest BCUT2D eigenvalue weighted by atomic mass is 15.3. The minimum Gasteiger partial charge on any atom is -0.378 e. The van der Waals surface area contributed by atoms with Gasteiger partial charge in [-0.15, -0.1) is 0 Å². The van der Waals surface area contributed by atoms with E-state index >= 15 is 0 Å². The first-order valence-corrected chi connectivity index (χ1v) is 17.6. The molecule has 0 spiro atoms. The van der Waals surface area contributed by atoms with Crippen molar-refractivity contribution in [3.63, 3.8) is 0 Å². The van der Waals surface area contributed by atoms with E-state index < -0.39 is 0 Å². The summed E-state index contributed by atoms with van der Waals surface area (Å²) in [4.78, 5) is 10.2. The van der Waals surface area contributed by atoms with Crippen molar-refractivity contribution in [1.82, 2.24) is 10.2 Å². The lowest BCUT2D eigenvalue weighted by molar-refractivity contribution is 0.234. The van der Waals surface area contributed by atoms with Crippen LogP contribution in [0.4, 0.5) is 11.4 Å². The van der Waals surface area contributed by atoms with Gasteiger partial charge in [0.05, 0.1) is 34.7 Å². The van der Waals surface area contributed by atoms with Crippen LogP contribution in [0.15, 0.2) is 125 Å². The van der Waals surface area contributed by atoms with Crippen LogP contribution in [0.3, 0.4) is 0 Å². The van der Waals surface area contributed by atoms with Gasteiger partial charge in [0.1, 0.15) is 0 Å². The Kier molecular flexibility index (Phi) is 6.71. The van der Waals surface area contributed by atoms with E-state index in [9.17, 15) is 0 Å². The van der Waals surface area contributed by atoms with Gasteiger partial charge in [-0.1, -0.05) is 85.8 Å². The molecule has 0 amide bonds. The fourth-order valence-electron chi connectivity index (χ4n) is 9.50. The van der Waals surface area contributed by atoms with Gasteiger partial charge in [-0.05, 0) is 98.4 Å². The molecule has 4 heteroatoms. The number of aryl methyl sites for hydroxylation is 1. The molecule has 3 aromatic carbocycles. The van der Waals surface area contributed by atoms with Crippen LogP contribution in [-0.2, 0) is 6.42 Å². The maximum atomic E-state index is 4.64. The maximum Gasteiger partial charge on any atom is 0.0866 e. The molecule has 0 bridgehead atoms. The van der Waals surface area contributed by atoms with Crippen LogP contribution in [0.1, 0.15) is 74.8 Å². The Hall–Kier alpha value is -4.57. The smallest absolute Gasteiger partial charge is 0.0866 e. The van der Waals surface area contributed by atoms with Gasteiger partial charge in [0.25, 0.3) is 0 Å². The summed E-state index contributed by atoms with van der Waals surface area (Å²) in [6, 6.07) is 27.9. The van der Waals surface area contributed by atoms with Crippen LogP contribution >= 0.6 is 0 Å². The van der Waals surface area contributed by atoms with Crippen molar-refractivity contribution in [3.8, 4) is 0 Å². The third kappa shape index (κ3) is 4.37. The van der Waals surface area contributed by atoms with E-state index in [-0.39, 0.29) is 17.5 Å². The van der Waals surface area contributed by atoms with Gasteiger partial charge in [0.15, 0.2) is 0 Å². The van der Waals surface area contributed by atoms with Crippen molar-refractivity contribution in [2.24, 2.45) is 22.7 Å². The van der Waals surface area contributed by atoms with E-state index in [4.69, 9.17) is 0 Å². The molecule has 0 radical (unpaired) electrons. The molecule has 3 aliphatic carbocycles. The quantitative estimate of drug-likeness (QED) is 0.297. The molecular weight excluding hydrogens is 573 g/mol. The summed E-state index contributed by atoms with van der Waals surface area (Å²) in [5.74, 6) is 1.23. The van der Waals surface area contributed by atoms with E-state index in [1.165, 1.54) is 51.4 Å². The lowest BCUT2D eigenvalue weighted by Gasteiger charge is -2.53. The Bertz CT molecular complexity index is 1940. The number of nitrogens with one attached hydrogen (secondary N) is 1. The summed E-state index contributed by atoms with van der Waals surface area (Å²) in [7, 11) is 0. The highest BCUT2D eigenvalue weighted by molar-refractivity contribution is 5.88. The predicted octanol–water partition coefficient (Wildman–Crippen LogP) is 9.73. The van der Waals surface area contributed by atoms with E-state index in [0.717, 1.165) is 31.4 Å². The topological polar surface area (TPSA) is 30.9 Å². The second-order valence-corrected chi connectivity index (χ2v) is 14.5. The second-order valence-electron chi connectivity index (χ2n) is 14.5. The molecular formula is C43H44N4. The number of hydrogen-bond acceptors (Lipinski definition) is 4. The second kappa shape index (κ2) is 11.0. The van der Waals surface area contributed by atoms with Gasteiger partial charge in [-0.25, -0.2) is 0 Å². The molecule has 0 aromatic heterocycles. The van der Waals surface area contributed by atoms with Crippen molar-refractivity contribution in [3.05, 3.63) is 143 Å². The van der Waals surface area contributed by atoms with Gasteiger partial charge >= 0.3 is 0 Å². The molecule has 0 saturated carbocycles. The average Bonchev–Trinajstić information content (AvgIpc) is 3.40. The SMILES string of the molecule is CC1=CNC(c2cccc(N3c4ccccc4C4=C(C5CCC=CC5N4C4=Cc5ccccc5CC4)C4C=CCC(C)C43C)c2)C=N1. The van der Waals surface area contributed by atoms with Gasteiger partial charge in [0, 0.05) is 41.2 Å². The first-order chi connectivity index (χ1) is 23.0. The Morgan fingerprint density at radius 1 is 0.936 bits per heavy atom. The zero-order chi connectivity index (χ0) is 31.7. The summed E-state index contributed by atoms with van der Waals surface area (Å²) >= 11 is 0. The Morgan fingerprint density at radius 2 is 1.81 bits per heavy atom. The van der Waals surface area contributed by atoms with Crippen molar-refractivity contribution in [2.45, 2.75) is 70.5 Å². The van der Waals surface area contributed by atoms with Crippen LogP contribution < -0.4 is 10.2 Å². The molecule has 0 fully saturated rings. The fourth-order valence-corrected chi connectivity index (χ4v) is 9.50. The Balaban J connectivity index is 1.27. The van der Waals surface area contributed by atoms with Crippen LogP contribution in [0.2, 0.25) is 0 Å². The molecule has 236 valence electrons. The summed E-state index contributed by atoms with van der Waals surface area (Å²) in [6.45, 7) is 7.08. The summed E-state index contributed by atoms with van der Waals surface area (Å²) in [5.41, 5.74) is 13.4. The molecule has 47 heavy (non-hydrogen) atoms. The maximum absolute atomic E-state index is 4.64. The lowest BCUT2D eigenvalue weighted by atomic mass is 9.64. The monoisotopic (exact) mass is 616 g/mol. The van der Waals surface area contributed by atoms with Crippen molar-refractivity contribution < 1.29 is 0 Å². The largest absolute Gasteiger partial charge is 0.378 e. The number of aliphatic imine (C=N–C) groups is 1. The van der Waals surface area contributed by atoms with E-state index in [1.807, 2.05) is 19.3 Å². The first kappa shape index (κ1) is 28.6. The van der Waals surface area contributed by atoms with Crippen molar-refractivity contribution in [2.75, 3.05) is 4.90 Å². The van der Waals surface area contributed by atoms with Gasteiger partial charge in [-0.3, -0.25) is 4.99 Å². The molecule has 6 atom stereocenters. The first-order valence-electron chi connectivity index (χ1n) is 17.6. The Labute approximate surface area is 279 Å². The fraction of sp³-hybridized carbons (Fsp3) is 0.326. The molecule has 1 N–H and O–H groups in total. The number of hydrogen-bond donors (Lipinski definition) is 1. The minimum atomic E-state index is -0.152. The zero-order valence-electron chi connectivity index (χ0n) is 27.7. The molecule has 3 aromatic rings. The predicted molar refractivity (Wildman–Crippen MR) is 195 cm³/mol. The number of nitrogens with zero attached hydrogens (tertiary/aromatic N) is 3. The molecule has 0 saturated heterocycles. The third-order valence-electron chi connectivity index (χ3n) is 12.0. The summed E-state index contributed by atoms with van der Waals surface area (Å²) in [5, 5.41) is 3.57. The number of fused-ring (bicyclic) bond motifs is 7. The van der Waals surface area contributed by atoms with Crippen LogP contribution in [0.25, 0.3) is 11.8 Å². The minimum absolute atomic E-state index is 0.0580. The molecule has 9 rings (SSSR count). The van der Waals surface area contributed by atoms with Gasteiger partial charge in [0.2, 0.25) is 0 Å². The molecule has 6 aliphatic rings. The molecule has 4 nitrogen and oxygen atoms in total. The molecule has 6 unspecified atom stereocenters. The van der Waals surface area contributed by atoms with Crippen LogP contribution in [0, 0.1) is 17.8 Å². The Morgan fingerprint density at radius 3 is 2.70 bits per heavy atom. The normalized spacial score (nSPS) is 30.3.